The number of nitrogens with zero attached hydrogens (tertiary/aromatic N) is 2. The fraction of sp³-hybridized carbons (Fsp3) is 0.556. The third-order valence-electron chi connectivity index (χ3n) is 2.58. The molecule has 1 aromatic heterocycles. The van der Waals surface area contributed by atoms with Gasteiger partial charge in [-0.2, -0.15) is 5.10 Å². The standard InChI is InChI=1S/C9H13N3O2/c13-9(14)8-1-2-12(6-8)5-7-3-10-11-4-7/h3-4,8H,1-2,5-6H2,(H,10,11)(H,13,14). The van der Waals surface area contributed by atoms with E-state index in [9.17, 15) is 4.79 Å². The highest BCUT2D eigenvalue weighted by atomic mass is 16.4. The van der Waals surface area contributed by atoms with Crippen LogP contribution in [0.5, 0.6) is 0 Å². The lowest BCUT2D eigenvalue weighted by Crippen LogP contribution is -2.22. The summed E-state index contributed by atoms with van der Waals surface area (Å²) in [5.74, 6) is -0.874. The fourth-order valence-electron chi connectivity index (χ4n) is 1.80. The lowest BCUT2D eigenvalue weighted by molar-refractivity contribution is -0.141. The minimum absolute atomic E-state index is 0.193. The van der Waals surface area contributed by atoms with Gasteiger partial charge in [0.05, 0.1) is 12.1 Å². The van der Waals surface area contributed by atoms with Gasteiger partial charge in [0.15, 0.2) is 0 Å². The second-order valence-corrected chi connectivity index (χ2v) is 3.67. The first-order valence-corrected chi connectivity index (χ1v) is 4.68. The highest BCUT2D eigenvalue weighted by Gasteiger charge is 2.27. The summed E-state index contributed by atoms with van der Waals surface area (Å²) in [6.07, 6.45) is 4.37. The second-order valence-electron chi connectivity index (χ2n) is 3.67. The number of likely N-dealkylation sites (tertiary alicyclic amines) is 1. The molecule has 0 aliphatic carbocycles. The highest BCUT2D eigenvalue weighted by molar-refractivity contribution is 5.70. The maximum atomic E-state index is 10.7. The zero-order valence-electron chi connectivity index (χ0n) is 7.81. The normalized spacial score (nSPS) is 22.7. The van der Waals surface area contributed by atoms with Crippen molar-refractivity contribution in [3.63, 3.8) is 0 Å². The summed E-state index contributed by atoms with van der Waals surface area (Å²) in [6, 6.07) is 0. The first-order chi connectivity index (χ1) is 6.75. The van der Waals surface area contributed by atoms with E-state index in [2.05, 4.69) is 15.1 Å². The van der Waals surface area contributed by atoms with Gasteiger partial charge in [0.25, 0.3) is 0 Å². The summed E-state index contributed by atoms with van der Waals surface area (Å²) in [7, 11) is 0. The predicted octanol–water partition coefficient (Wildman–Crippen LogP) is 0.316. The van der Waals surface area contributed by atoms with Crippen LogP contribution in [0.25, 0.3) is 0 Å². The van der Waals surface area contributed by atoms with Gasteiger partial charge in [-0.25, -0.2) is 0 Å². The topological polar surface area (TPSA) is 69.2 Å². The Labute approximate surface area is 81.7 Å². The van der Waals surface area contributed by atoms with E-state index in [1.165, 1.54) is 0 Å². The van der Waals surface area contributed by atoms with Gasteiger partial charge in [-0.15, -0.1) is 0 Å². The van der Waals surface area contributed by atoms with Crippen molar-refractivity contribution in [2.45, 2.75) is 13.0 Å². The predicted molar refractivity (Wildman–Crippen MR) is 49.6 cm³/mol. The van der Waals surface area contributed by atoms with Crippen molar-refractivity contribution in [1.82, 2.24) is 15.1 Å². The number of nitrogens with one attached hydrogen (secondary N) is 1. The average Bonchev–Trinajstić information content (AvgIpc) is 2.75. The summed E-state index contributed by atoms with van der Waals surface area (Å²) in [6.45, 7) is 2.31. The Bertz CT molecular complexity index is 310. The molecule has 2 heterocycles. The number of hydrogen-bond donors (Lipinski definition) is 2. The molecular formula is C9H13N3O2. The van der Waals surface area contributed by atoms with Crippen LogP contribution in [-0.4, -0.2) is 39.3 Å². The monoisotopic (exact) mass is 195 g/mol. The van der Waals surface area contributed by atoms with E-state index in [0.29, 0.717) is 6.54 Å². The molecule has 0 saturated carbocycles. The van der Waals surface area contributed by atoms with Crippen molar-refractivity contribution in [2.75, 3.05) is 13.1 Å². The second kappa shape index (κ2) is 3.79. The number of aliphatic carboxylic acids is 1. The fourth-order valence-corrected chi connectivity index (χ4v) is 1.80. The molecule has 1 atom stereocenters. The third kappa shape index (κ3) is 1.93. The van der Waals surface area contributed by atoms with E-state index in [1.807, 2.05) is 6.20 Å². The number of carboxylic acids is 1. The van der Waals surface area contributed by atoms with Gasteiger partial charge in [-0.05, 0) is 13.0 Å². The Kier molecular flexibility index (Phi) is 2.49. The van der Waals surface area contributed by atoms with Crippen molar-refractivity contribution < 1.29 is 9.90 Å². The summed E-state index contributed by atoms with van der Waals surface area (Å²) in [5, 5.41) is 15.4. The van der Waals surface area contributed by atoms with Gasteiger partial charge in [-0.1, -0.05) is 0 Å². The maximum Gasteiger partial charge on any atom is 0.307 e. The molecule has 0 amide bonds. The first-order valence-electron chi connectivity index (χ1n) is 4.68. The summed E-state index contributed by atoms with van der Waals surface area (Å²) in [5.41, 5.74) is 1.11. The van der Waals surface area contributed by atoms with Crippen LogP contribution in [0.15, 0.2) is 12.4 Å². The molecule has 2 N–H and O–H groups in total. The molecule has 1 unspecified atom stereocenters. The maximum absolute atomic E-state index is 10.7. The molecule has 1 fully saturated rings. The summed E-state index contributed by atoms with van der Waals surface area (Å²) >= 11 is 0. The first kappa shape index (κ1) is 9.21. The minimum Gasteiger partial charge on any atom is -0.481 e. The number of aromatic amines is 1. The number of rotatable bonds is 3. The molecule has 0 aromatic carbocycles. The van der Waals surface area contributed by atoms with Gasteiger partial charge in [0, 0.05) is 24.8 Å². The molecule has 0 bridgehead atoms. The molecule has 5 heteroatoms. The van der Waals surface area contributed by atoms with E-state index >= 15 is 0 Å². The van der Waals surface area contributed by atoms with Crippen LogP contribution in [0.3, 0.4) is 0 Å². The van der Waals surface area contributed by atoms with E-state index in [1.54, 1.807) is 6.20 Å². The van der Waals surface area contributed by atoms with Crippen molar-refractivity contribution >= 4 is 5.97 Å². The lowest BCUT2D eigenvalue weighted by Gasteiger charge is -2.13. The molecule has 1 aliphatic rings. The zero-order chi connectivity index (χ0) is 9.97. The van der Waals surface area contributed by atoms with Gasteiger partial charge in [0.2, 0.25) is 0 Å². The molecule has 5 nitrogen and oxygen atoms in total. The molecule has 76 valence electrons. The van der Waals surface area contributed by atoms with Crippen LogP contribution in [0.1, 0.15) is 12.0 Å². The van der Waals surface area contributed by atoms with E-state index < -0.39 is 5.97 Å². The quantitative estimate of drug-likeness (QED) is 0.728. The Morgan fingerprint density at radius 3 is 3.21 bits per heavy atom. The third-order valence-corrected chi connectivity index (χ3v) is 2.58. The Hall–Kier alpha value is -1.36. The number of hydrogen-bond acceptors (Lipinski definition) is 3. The largest absolute Gasteiger partial charge is 0.481 e. The van der Waals surface area contributed by atoms with Crippen molar-refractivity contribution in [3.05, 3.63) is 18.0 Å². The van der Waals surface area contributed by atoms with Crippen LogP contribution < -0.4 is 0 Å². The van der Waals surface area contributed by atoms with Crippen LogP contribution in [0.4, 0.5) is 0 Å². The van der Waals surface area contributed by atoms with Gasteiger partial charge >= 0.3 is 5.97 Å². The number of aromatic nitrogens is 2. The lowest BCUT2D eigenvalue weighted by atomic mass is 10.1. The van der Waals surface area contributed by atoms with Crippen LogP contribution >= 0.6 is 0 Å². The molecule has 1 saturated heterocycles. The average molecular weight is 195 g/mol. The smallest absolute Gasteiger partial charge is 0.307 e. The van der Waals surface area contributed by atoms with Crippen molar-refractivity contribution in [1.29, 1.82) is 0 Å². The van der Waals surface area contributed by atoms with Crippen LogP contribution in [0.2, 0.25) is 0 Å². The van der Waals surface area contributed by atoms with Crippen LogP contribution in [-0.2, 0) is 11.3 Å². The molecule has 0 spiro atoms. The minimum atomic E-state index is -0.681. The molecule has 2 rings (SSSR count). The Morgan fingerprint density at radius 1 is 1.79 bits per heavy atom. The summed E-state index contributed by atoms with van der Waals surface area (Å²) < 4.78 is 0. The van der Waals surface area contributed by atoms with Gasteiger partial charge in [0.1, 0.15) is 0 Å². The summed E-state index contributed by atoms with van der Waals surface area (Å²) in [4.78, 5) is 12.8. The Morgan fingerprint density at radius 2 is 2.64 bits per heavy atom. The molecule has 0 radical (unpaired) electrons. The van der Waals surface area contributed by atoms with Gasteiger partial charge in [-0.3, -0.25) is 14.8 Å². The highest BCUT2D eigenvalue weighted by Crippen LogP contribution is 2.18. The van der Waals surface area contributed by atoms with E-state index in [4.69, 9.17) is 5.11 Å². The Balaban J connectivity index is 1.87. The molecule has 14 heavy (non-hydrogen) atoms. The SMILES string of the molecule is O=C(O)C1CCN(Cc2cn[nH]c2)C1. The number of H-pyrrole nitrogens is 1. The van der Waals surface area contributed by atoms with Gasteiger partial charge < -0.3 is 5.11 Å². The molecule has 1 aliphatic heterocycles. The number of carbonyl (C=O) groups is 1. The molecule has 1 aromatic rings. The van der Waals surface area contributed by atoms with E-state index in [-0.39, 0.29) is 5.92 Å². The van der Waals surface area contributed by atoms with E-state index in [0.717, 1.165) is 25.1 Å². The number of carboxylic acid groups (broad SMARTS) is 1. The van der Waals surface area contributed by atoms with Crippen molar-refractivity contribution in [2.24, 2.45) is 5.92 Å². The zero-order valence-corrected chi connectivity index (χ0v) is 7.81. The van der Waals surface area contributed by atoms with Crippen LogP contribution in [0, 0.1) is 5.92 Å². The van der Waals surface area contributed by atoms with Crippen molar-refractivity contribution in [3.8, 4) is 0 Å². The molecular weight excluding hydrogens is 182 g/mol.